The Labute approximate surface area is 74.9 Å². The minimum absolute atomic E-state index is 0.365. The molecule has 0 bridgehead atoms. The first kappa shape index (κ1) is 9.56. The van der Waals surface area contributed by atoms with E-state index in [4.69, 9.17) is 0 Å². The molecule has 0 unspecified atom stereocenters. The van der Waals surface area contributed by atoms with Crippen molar-refractivity contribution in [3.8, 4) is 0 Å². The van der Waals surface area contributed by atoms with E-state index in [1.54, 1.807) is 0 Å². The molecule has 0 aromatic heterocycles. The van der Waals surface area contributed by atoms with Gasteiger partial charge in [-0.25, -0.2) is 0 Å². The Hall–Kier alpha value is -0.530. The lowest BCUT2D eigenvalue weighted by Crippen LogP contribution is -2.37. The van der Waals surface area contributed by atoms with E-state index in [1.165, 1.54) is 0 Å². The number of carbonyl (C=O) groups is 1. The molecular formula is C10H19NO. The predicted octanol–water partition coefficient (Wildman–Crippen LogP) is 2.04. The van der Waals surface area contributed by atoms with Gasteiger partial charge in [-0.3, -0.25) is 4.79 Å². The van der Waals surface area contributed by atoms with Crippen molar-refractivity contribution in [2.24, 2.45) is 5.92 Å². The SMILES string of the molecule is CCC(CC)N(C)C(=O)C1CC1. The molecule has 2 heteroatoms. The molecular weight excluding hydrogens is 150 g/mol. The zero-order chi connectivity index (χ0) is 9.14. The third kappa shape index (κ3) is 1.99. The van der Waals surface area contributed by atoms with Crippen molar-refractivity contribution in [2.75, 3.05) is 7.05 Å². The number of carbonyl (C=O) groups excluding carboxylic acids is 1. The van der Waals surface area contributed by atoms with Gasteiger partial charge in [0.05, 0.1) is 0 Å². The minimum Gasteiger partial charge on any atom is -0.343 e. The summed E-state index contributed by atoms with van der Waals surface area (Å²) in [5, 5.41) is 0. The molecule has 0 radical (unpaired) electrons. The maximum Gasteiger partial charge on any atom is 0.225 e. The van der Waals surface area contributed by atoms with Gasteiger partial charge in [-0.1, -0.05) is 13.8 Å². The number of nitrogens with zero attached hydrogens (tertiary/aromatic N) is 1. The summed E-state index contributed by atoms with van der Waals surface area (Å²) < 4.78 is 0. The van der Waals surface area contributed by atoms with Crippen LogP contribution in [0.1, 0.15) is 39.5 Å². The minimum atomic E-state index is 0.365. The van der Waals surface area contributed by atoms with Gasteiger partial charge in [-0.05, 0) is 25.7 Å². The van der Waals surface area contributed by atoms with Gasteiger partial charge in [-0.2, -0.15) is 0 Å². The quantitative estimate of drug-likeness (QED) is 0.630. The second kappa shape index (κ2) is 3.92. The Morgan fingerprint density at radius 1 is 1.42 bits per heavy atom. The molecule has 2 nitrogen and oxygen atoms in total. The van der Waals surface area contributed by atoms with E-state index in [9.17, 15) is 4.79 Å². The van der Waals surface area contributed by atoms with Crippen molar-refractivity contribution in [3.63, 3.8) is 0 Å². The van der Waals surface area contributed by atoms with Crippen molar-refractivity contribution in [2.45, 2.75) is 45.6 Å². The molecule has 0 heterocycles. The molecule has 1 aliphatic rings. The van der Waals surface area contributed by atoms with Gasteiger partial charge < -0.3 is 4.90 Å². The molecule has 0 spiro atoms. The van der Waals surface area contributed by atoms with Gasteiger partial charge in [0.25, 0.3) is 0 Å². The van der Waals surface area contributed by atoms with Crippen molar-refractivity contribution in [3.05, 3.63) is 0 Å². The van der Waals surface area contributed by atoms with E-state index in [2.05, 4.69) is 13.8 Å². The first-order chi connectivity index (χ1) is 5.70. The zero-order valence-electron chi connectivity index (χ0n) is 8.34. The Kier molecular flexibility index (Phi) is 3.12. The molecule has 0 aromatic rings. The Morgan fingerprint density at radius 2 is 1.92 bits per heavy atom. The van der Waals surface area contributed by atoms with Crippen LogP contribution < -0.4 is 0 Å². The lowest BCUT2D eigenvalue weighted by atomic mass is 10.1. The van der Waals surface area contributed by atoms with E-state index in [-0.39, 0.29) is 0 Å². The van der Waals surface area contributed by atoms with E-state index in [1.807, 2.05) is 11.9 Å². The summed E-state index contributed by atoms with van der Waals surface area (Å²) in [6.07, 6.45) is 4.38. The van der Waals surface area contributed by atoms with Crippen LogP contribution in [-0.2, 0) is 4.79 Å². The molecule has 0 aromatic carbocycles. The second-order valence-electron chi connectivity index (χ2n) is 3.69. The largest absolute Gasteiger partial charge is 0.343 e. The molecule has 12 heavy (non-hydrogen) atoms. The summed E-state index contributed by atoms with van der Waals surface area (Å²) in [4.78, 5) is 13.5. The summed E-state index contributed by atoms with van der Waals surface area (Å²) in [5.74, 6) is 0.735. The molecule has 1 amide bonds. The summed E-state index contributed by atoms with van der Waals surface area (Å²) >= 11 is 0. The Morgan fingerprint density at radius 3 is 2.25 bits per heavy atom. The Bertz CT molecular complexity index is 159. The molecule has 0 N–H and O–H groups in total. The highest BCUT2D eigenvalue weighted by molar-refractivity contribution is 5.81. The van der Waals surface area contributed by atoms with Gasteiger partial charge >= 0.3 is 0 Å². The zero-order valence-corrected chi connectivity index (χ0v) is 8.34. The fraction of sp³-hybridized carbons (Fsp3) is 0.900. The predicted molar refractivity (Wildman–Crippen MR) is 49.9 cm³/mol. The number of amides is 1. The molecule has 70 valence electrons. The van der Waals surface area contributed by atoms with Gasteiger partial charge in [0.1, 0.15) is 0 Å². The summed E-state index contributed by atoms with van der Waals surface area (Å²) in [5.41, 5.74) is 0. The maximum absolute atomic E-state index is 11.6. The highest BCUT2D eigenvalue weighted by Crippen LogP contribution is 2.31. The first-order valence-electron chi connectivity index (χ1n) is 4.97. The van der Waals surface area contributed by atoms with E-state index < -0.39 is 0 Å². The van der Waals surface area contributed by atoms with Crippen LogP contribution in [0.3, 0.4) is 0 Å². The van der Waals surface area contributed by atoms with E-state index >= 15 is 0 Å². The summed E-state index contributed by atoms with van der Waals surface area (Å²) in [6, 6.07) is 0.457. The van der Waals surface area contributed by atoms with Crippen molar-refractivity contribution >= 4 is 5.91 Å². The van der Waals surface area contributed by atoms with Crippen LogP contribution in [0.4, 0.5) is 0 Å². The standard InChI is InChI=1S/C10H19NO/c1-4-9(5-2)11(3)10(12)8-6-7-8/h8-9H,4-7H2,1-3H3. The highest BCUT2D eigenvalue weighted by atomic mass is 16.2. The number of hydrogen-bond acceptors (Lipinski definition) is 1. The fourth-order valence-corrected chi connectivity index (χ4v) is 1.63. The fourth-order valence-electron chi connectivity index (χ4n) is 1.63. The monoisotopic (exact) mass is 169 g/mol. The third-order valence-electron chi connectivity index (χ3n) is 2.76. The van der Waals surface area contributed by atoms with Crippen LogP contribution in [0.15, 0.2) is 0 Å². The smallest absolute Gasteiger partial charge is 0.225 e. The van der Waals surface area contributed by atoms with Crippen LogP contribution in [0, 0.1) is 5.92 Å². The van der Waals surface area contributed by atoms with Gasteiger partial charge in [-0.15, -0.1) is 0 Å². The molecule has 1 fully saturated rings. The average molecular weight is 169 g/mol. The van der Waals surface area contributed by atoms with Gasteiger partial charge in [0.15, 0.2) is 0 Å². The van der Waals surface area contributed by atoms with Crippen LogP contribution in [0.5, 0.6) is 0 Å². The molecule has 0 atom stereocenters. The molecule has 0 saturated heterocycles. The van der Waals surface area contributed by atoms with Crippen molar-refractivity contribution in [1.82, 2.24) is 4.90 Å². The van der Waals surface area contributed by atoms with Crippen molar-refractivity contribution < 1.29 is 4.79 Å². The van der Waals surface area contributed by atoms with E-state index in [0.29, 0.717) is 17.9 Å². The van der Waals surface area contributed by atoms with Crippen molar-refractivity contribution in [1.29, 1.82) is 0 Å². The van der Waals surface area contributed by atoms with Crippen LogP contribution in [0.25, 0.3) is 0 Å². The molecule has 1 aliphatic carbocycles. The summed E-state index contributed by atoms with van der Waals surface area (Å²) in [6.45, 7) is 4.29. The van der Waals surface area contributed by atoms with E-state index in [0.717, 1.165) is 25.7 Å². The highest BCUT2D eigenvalue weighted by Gasteiger charge is 2.33. The average Bonchev–Trinajstić information content (AvgIpc) is 2.87. The summed E-state index contributed by atoms with van der Waals surface area (Å²) in [7, 11) is 1.94. The van der Waals surface area contributed by atoms with Crippen LogP contribution >= 0.6 is 0 Å². The van der Waals surface area contributed by atoms with Crippen LogP contribution in [0.2, 0.25) is 0 Å². The van der Waals surface area contributed by atoms with Gasteiger partial charge in [0.2, 0.25) is 5.91 Å². The lowest BCUT2D eigenvalue weighted by Gasteiger charge is -2.26. The normalized spacial score (nSPS) is 16.7. The van der Waals surface area contributed by atoms with Gasteiger partial charge in [0, 0.05) is 19.0 Å². The lowest BCUT2D eigenvalue weighted by molar-refractivity contribution is -0.133. The molecule has 0 aliphatic heterocycles. The molecule has 1 saturated carbocycles. The number of hydrogen-bond donors (Lipinski definition) is 0. The van der Waals surface area contributed by atoms with Crippen LogP contribution in [-0.4, -0.2) is 23.9 Å². The Balaban J connectivity index is 2.42. The number of rotatable bonds is 4. The topological polar surface area (TPSA) is 20.3 Å². The first-order valence-corrected chi connectivity index (χ1v) is 4.97. The third-order valence-corrected chi connectivity index (χ3v) is 2.76. The molecule has 1 rings (SSSR count). The maximum atomic E-state index is 11.6. The second-order valence-corrected chi connectivity index (χ2v) is 3.69.